The molecule has 0 saturated carbocycles. The highest BCUT2D eigenvalue weighted by Crippen LogP contribution is 2.12. The quantitative estimate of drug-likeness (QED) is 0.745. The third-order valence-electron chi connectivity index (χ3n) is 2.10. The maximum absolute atomic E-state index is 4.41. The number of nitrogens with zero attached hydrogens (tertiary/aromatic N) is 4. The Bertz CT molecular complexity index is 463. The van der Waals surface area contributed by atoms with Crippen LogP contribution in [0.1, 0.15) is 19.7 Å². The van der Waals surface area contributed by atoms with Gasteiger partial charge in [-0.25, -0.2) is 14.5 Å². The zero-order valence-electron chi connectivity index (χ0n) is 9.14. The van der Waals surface area contributed by atoms with Gasteiger partial charge in [0.25, 0.3) is 0 Å². The second-order valence-corrected chi connectivity index (χ2v) is 4.63. The largest absolute Gasteiger partial charge is 0.239 e. The minimum atomic E-state index is 0.586. The van der Waals surface area contributed by atoms with Gasteiger partial charge < -0.3 is 0 Å². The summed E-state index contributed by atoms with van der Waals surface area (Å²) in [5.74, 6) is 1.60. The van der Waals surface area contributed by atoms with Crippen LogP contribution in [0.5, 0.6) is 0 Å². The first kappa shape index (κ1) is 10.4. The van der Waals surface area contributed by atoms with Crippen LogP contribution in [0, 0.1) is 5.92 Å². The maximum atomic E-state index is 4.41. The lowest BCUT2D eigenvalue weighted by Crippen LogP contribution is -2.04. The first-order chi connectivity index (χ1) is 7.20. The lowest BCUT2D eigenvalue weighted by molar-refractivity contribution is 0.600. The molecule has 2 heterocycles. The van der Waals surface area contributed by atoms with Gasteiger partial charge in [-0.15, -0.1) is 5.10 Å². The van der Waals surface area contributed by atoms with Crippen molar-refractivity contribution in [1.82, 2.24) is 19.6 Å². The molecule has 0 aliphatic rings. The molecule has 0 atom stereocenters. The molecule has 0 bridgehead atoms. The van der Waals surface area contributed by atoms with Gasteiger partial charge >= 0.3 is 0 Å². The topological polar surface area (TPSA) is 43.1 Å². The van der Waals surface area contributed by atoms with Crippen molar-refractivity contribution < 1.29 is 0 Å². The van der Waals surface area contributed by atoms with Gasteiger partial charge in [0, 0.05) is 6.42 Å². The highest BCUT2D eigenvalue weighted by molar-refractivity contribution is 7.98. The summed E-state index contributed by atoms with van der Waals surface area (Å²) in [6.45, 7) is 4.36. The van der Waals surface area contributed by atoms with E-state index in [2.05, 4.69) is 28.9 Å². The molecule has 0 radical (unpaired) electrons. The minimum absolute atomic E-state index is 0.586. The van der Waals surface area contributed by atoms with Gasteiger partial charge in [-0.1, -0.05) is 25.6 Å². The first-order valence-electron chi connectivity index (χ1n) is 4.94. The molecule has 15 heavy (non-hydrogen) atoms. The number of hydrogen-bond donors (Lipinski definition) is 0. The fourth-order valence-electron chi connectivity index (χ4n) is 1.43. The second kappa shape index (κ2) is 4.18. The van der Waals surface area contributed by atoms with Gasteiger partial charge in [-0.05, 0) is 12.2 Å². The molecule has 0 aliphatic carbocycles. The molecular weight excluding hydrogens is 208 g/mol. The smallest absolute Gasteiger partial charge is 0.207 e. The van der Waals surface area contributed by atoms with Crippen LogP contribution in [-0.2, 0) is 6.42 Å². The van der Waals surface area contributed by atoms with E-state index in [0.717, 1.165) is 22.9 Å². The summed E-state index contributed by atoms with van der Waals surface area (Å²) in [5, 5.41) is 5.20. The standard InChI is InChI=1S/C10H14N4S/c1-7(2)4-9-11-5-8-6-12-10(15-3)13-14(8)9/h5-7H,4H2,1-3H3. The Kier molecular flexibility index (Phi) is 2.90. The SMILES string of the molecule is CSc1ncc2cnc(CC(C)C)n2n1. The fourth-order valence-corrected chi connectivity index (χ4v) is 1.75. The highest BCUT2D eigenvalue weighted by atomic mass is 32.2. The Morgan fingerprint density at radius 1 is 1.33 bits per heavy atom. The summed E-state index contributed by atoms with van der Waals surface area (Å²) in [6.07, 6.45) is 6.55. The predicted molar refractivity (Wildman–Crippen MR) is 61.1 cm³/mol. The van der Waals surface area contributed by atoms with E-state index in [1.165, 1.54) is 0 Å². The zero-order valence-corrected chi connectivity index (χ0v) is 9.95. The Hall–Kier alpha value is -1.10. The van der Waals surface area contributed by atoms with E-state index in [1.807, 2.05) is 23.2 Å². The average molecular weight is 222 g/mol. The molecule has 0 fully saturated rings. The number of rotatable bonds is 3. The van der Waals surface area contributed by atoms with Crippen LogP contribution in [-0.4, -0.2) is 25.8 Å². The summed E-state index contributed by atoms with van der Waals surface area (Å²) in [5.41, 5.74) is 0.962. The second-order valence-electron chi connectivity index (χ2n) is 3.85. The number of aromatic nitrogens is 4. The lowest BCUT2D eigenvalue weighted by Gasteiger charge is -2.03. The molecule has 0 unspecified atom stereocenters. The van der Waals surface area contributed by atoms with Crippen molar-refractivity contribution in [2.24, 2.45) is 5.92 Å². The molecule has 80 valence electrons. The molecule has 2 aromatic rings. The summed E-state index contributed by atoms with van der Waals surface area (Å²) in [7, 11) is 0. The summed E-state index contributed by atoms with van der Waals surface area (Å²) < 4.78 is 1.89. The Balaban J connectivity index is 2.46. The molecule has 0 amide bonds. The van der Waals surface area contributed by atoms with Crippen LogP contribution in [0.3, 0.4) is 0 Å². The molecule has 0 N–H and O–H groups in total. The van der Waals surface area contributed by atoms with Crippen LogP contribution in [0.2, 0.25) is 0 Å². The molecule has 0 spiro atoms. The van der Waals surface area contributed by atoms with Crippen molar-refractivity contribution in [3.63, 3.8) is 0 Å². The van der Waals surface area contributed by atoms with Crippen molar-refractivity contribution in [2.45, 2.75) is 25.4 Å². The molecule has 5 heteroatoms. The van der Waals surface area contributed by atoms with Crippen LogP contribution in [0.25, 0.3) is 5.52 Å². The van der Waals surface area contributed by atoms with Crippen molar-refractivity contribution in [2.75, 3.05) is 6.26 Å². The van der Waals surface area contributed by atoms with Gasteiger partial charge in [-0.2, -0.15) is 0 Å². The van der Waals surface area contributed by atoms with Crippen molar-refractivity contribution in [1.29, 1.82) is 0 Å². The summed E-state index contributed by atoms with van der Waals surface area (Å²) in [6, 6.07) is 0. The molecule has 0 aromatic carbocycles. The predicted octanol–water partition coefficient (Wildman–Crippen LogP) is 2.04. The average Bonchev–Trinajstić information content (AvgIpc) is 2.60. The van der Waals surface area contributed by atoms with E-state index >= 15 is 0 Å². The van der Waals surface area contributed by atoms with Gasteiger partial charge in [-0.3, -0.25) is 0 Å². The third kappa shape index (κ3) is 2.12. The third-order valence-corrected chi connectivity index (χ3v) is 2.65. The number of thioether (sulfide) groups is 1. The van der Waals surface area contributed by atoms with Crippen LogP contribution in [0.15, 0.2) is 17.6 Å². The van der Waals surface area contributed by atoms with Crippen LogP contribution < -0.4 is 0 Å². The van der Waals surface area contributed by atoms with E-state index in [-0.39, 0.29) is 0 Å². The Morgan fingerprint density at radius 2 is 2.07 bits per heavy atom. The molecule has 2 aromatic heterocycles. The fraction of sp³-hybridized carbons (Fsp3) is 0.500. The van der Waals surface area contributed by atoms with E-state index in [4.69, 9.17) is 0 Å². The van der Waals surface area contributed by atoms with Gasteiger partial charge in [0.05, 0.1) is 12.4 Å². The van der Waals surface area contributed by atoms with Gasteiger partial charge in [0.1, 0.15) is 11.3 Å². The zero-order chi connectivity index (χ0) is 10.8. The molecule has 4 nitrogen and oxygen atoms in total. The first-order valence-corrected chi connectivity index (χ1v) is 6.17. The van der Waals surface area contributed by atoms with E-state index in [1.54, 1.807) is 11.8 Å². The summed E-state index contributed by atoms with van der Waals surface area (Å²) >= 11 is 1.54. The van der Waals surface area contributed by atoms with Crippen LogP contribution >= 0.6 is 11.8 Å². The summed E-state index contributed by atoms with van der Waals surface area (Å²) in [4.78, 5) is 8.57. The number of hydrogen-bond acceptors (Lipinski definition) is 4. The van der Waals surface area contributed by atoms with Crippen molar-refractivity contribution >= 4 is 17.3 Å². The maximum Gasteiger partial charge on any atom is 0.207 e. The monoisotopic (exact) mass is 222 g/mol. The van der Waals surface area contributed by atoms with Gasteiger partial charge in [0.15, 0.2) is 0 Å². The van der Waals surface area contributed by atoms with E-state index < -0.39 is 0 Å². The molecule has 0 saturated heterocycles. The molecular formula is C10H14N4S. The highest BCUT2D eigenvalue weighted by Gasteiger charge is 2.07. The normalized spacial score (nSPS) is 11.5. The van der Waals surface area contributed by atoms with E-state index in [9.17, 15) is 0 Å². The Labute approximate surface area is 93.1 Å². The van der Waals surface area contributed by atoms with E-state index in [0.29, 0.717) is 5.92 Å². The molecule has 0 aliphatic heterocycles. The number of imidazole rings is 1. The van der Waals surface area contributed by atoms with Crippen molar-refractivity contribution in [3.05, 3.63) is 18.2 Å². The number of fused-ring (bicyclic) bond motifs is 1. The van der Waals surface area contributed by atoms with Crippen molar-refractivity contribution in [3.8, 4) is 0 Å². The Morgan fingerprint density at radius 3 is 2.73 bits per heavy atom. The van der Waals surface area contributed by atoms with Gasteiger partial charge in [0.2, 0.25) is 5.16 Å². The molecule has 2 rings (SSSR count). The lowest BCUT2D eigenvalue weighted by atomic mass is 10.1. The van der Waals surface area contributed by atoms with Crippen LogP contribution in [0.4, 0.5) is 0 Å². The minimum Gasteiger partial charge on any atom is -0.239 e.